The first-order chi connectivity index (χ1) is 8.24. The van der Waals surface area contributed by atoms with Crippen molar-refractivity contribution in [3.05, 3.63) is 0 Å². The van der Waals surface area contributed by atoms with E-state index in [1.807, 2.05) is 0 Å². The third-order valence-corrected chi connectivity index (χ3v) is 4.50. The Bertz CT molecular complexity index is 217. The molecule has 17 heavy (non-hydrogen) atoms. The van der Waals surface area contributed by atoms with Gasteiger partial charge in [0.25, 0.3) is 0 Å². The maximum absolute atomic E-state index is 6.14. The lowest BCUT2D eigenvalue weighted by atomic mass is 9.78. The van der Waals surface area contributed by atoms with E-state index in [-0.39, 0.29) is 5.60 Å². The Labute approximate surface area is 107 Å². The van der Waals surface area contributed by atoms with Crippen molar-refractivity contribution < 1.29 is 4.74 Å². The lowest BCUT2D eigenvalue weighted by Crippen LogP contribution is -2.49. The maximum Gasteiger partial charge on any atom is 0.0697 e. The second-order valence-electron chi connectivity index (χ2n) is 6.14. The SMILES string of the molecule is CCCC(C)NC1CCOC2(CCCCC2)C1. The van der Waals surface area contributed by atoms with Gasteiger partial charge in [0.1, 0.15) is 0 Å². The molecular formula is C15H29NO. The van der Waals surface area contributed by atoms with E-state index in [4.69, 9.17) is 4.74 Å². The molecule has 1 saturated heterocycles. The highest BCUT2D eigenvalue weighted by Crippen LogP contribution is 2.38. The fourth-order valence-electron chi connectivity index (χ4n) is 3.63. The Hall–Kier alpha value is -0.0800. The molecule has 0 aromatic heterocycles. The van der Waals surface area contributed by atoms with Crippen LogP contribution in [0.25, 0.3) is 0 Å². The van der Waals surface area contributed by atoms with Crippen molar-refractivity contribution in [3.63, 3.8) is 0 Å². The van der Waals surface area contributed by atoms with E-state index in [1.54, 1.807) is 0 Å². The standard InChI is InChI=1S/C15H29NO/c1-3-7-13(2)16-14-8-11-17-15(12-14)9-5-4-6-10-15/h13-14,16H,3-12H2,1-2H3. The van der Waals surface area contributed by atoms with Crippen LogP contribution in [0.1, 0.15) is 71.6 Å². The second kappa shape index (κ2) is 6.19. The Morgan fingerprint density at radius 2 is 2.06 bits per heavy atom. The van der Waals surface area contributed by atoms with Gasteiger partial charge in [0, 0.05) is 18.7 Å². The molecule has 2 fully saturated rings. The summed E-state index contributed by atoms with van der Waals surface area (Å²) in [6.45, 7) is 5.56. The minimum atomic E-state index is 0.250. The molecule has 1 N–H and O–H groups in total. The predicted octanol–water partition coefficient (Wildman–Crippen LogP) is 3.65. The first kappa shape index (κ1) is 13.4. The summed E-state index contributed by atoms with van der Waals surface area (Å²) >= 11 is 0. The Morgan fingerprint density at radius 3 is 2.76 bits per heavy atom. The van der Waals surface area contributed by atoms with Gasteiger partial charge in [-0.05, 0) is 39.0 Å². The average molecular weight is 239 g/mol. The van der Waals surface area contributed by atoms with Crippen LogP contribution in [0.5, 0.6) is 0 Å². The number of rotatable bonds is 4. The zero-order valence-electron chi connectivity index (χ0n) is 11.6. The van der Waals surface area contributed by atoms with E-state index < -0.39 is 0 Å². The van der Waals surface area contributed by atoms with Crippen molar-refractivity contribution >= 4 is 0 Å². The van der Waals surface area contributed by atoms with Crippen molar-refractivity contribution in [2.24, 2.45) is 0 Å². The molecule has 0 aromatic carbocycles. The van der Waals surface area contributed by atoms with E-state index in [9.17, 15) is 0 Å². The number of ether oxygens (including phenoxy) is 1. The molecule has 2 heteroatoms. The fourth-order valence-corrected chi connectivity index (χ4v) is 3.63. The molecule has 0 aromatic rings. The van der Waals surface area contributed by atoms with Crippen LogP contribution in [-0.2, 0) is 4.74 Å². The van der Waals surface area contributed by atoms with E-state index in [0.717, 1.165) is 6.61 Å². The minimum absolute atomic E-state index is 0.250. The molecule has 0 bridgehead atoms. The summed E-state index contributed by atoms with van der Waals surface area (Å²) in [5.41, 5.74) is 0.250. The van der Waals surface area contributed by atoms with Crippen molar-refractivity contribution in [1.29, 1.82) is 0 Å². The topological polar surface area (TPSA) is 21.3 Å². The molecule has 100 valence electrons. The first-order valence-electron chi connectivity index (χ1n) is 7.64. The van der Waals surface area contributed by atoms with Crippen molar-refractivity contribution in [1.82, 2.24) is 5.32 Å². The zero-order valence-corrected chi connectivity index (χ0v) is 11.6. The molecule has 0 radical (unpaired) electrons. The second-order valence-corrected chi connectivity index (χ2v) is 6.14. The largest absolute Gasteiger partial charge is 0.375 e. The van der Waals surface area contributed by atoms with Crippen LogP contribution in [0.3, 0.4) is 0 Å². The smallest absolute Gasteiger partial charge is 0.0697 e. The number of hydrogen-bond acceptors (Lipinski definition) is 2. The quantitative estimate of drug-likeness (QED) is 0.808. The van der Waals surface area contributed by atoms with Gasteiger partial charge in [0.2, 0.25) is 0 Å². The van der Waals surface area contributed by atoms with Crippen LogP contribution in [0.15, 0.2) is 0 Å². The molecule has 2 rings (SSSR count). The summed E-state index contributed by atoms with van der Waals surface area (Å²) in [5, 5.41) is 3.81. The lowest BCUT2D eigenvalue weighted by Gasteiger charge is -2.44. The van der Waals surface area contributed by atoms with Crippen LogP contribution in [-0.4, -0.2) is 24.3 Å². The van der Waals surface area contributed by atoms with E-state index in [2.05, 4.69) is 19.2 Å². The summed E-state index contributed by atoms with van der Waals surface area (Å²) in [5.74, 6) is 0. The van der Waals surface area contributed by atoms with Gasteiger partial charge in [-0.2, -0.15) is 0 Å². The maximum atomic E-state index is 6.14. The lowest BCUT2D eigenvalue weighted by molar-refractivity contribution is -0.110. The molecule has 0 amide bonds. The molecule has 1 aliphatic carbocycles. The van der Waals surface area contributed by atoms with Gasteiger partial charge in [-0.15, -0.1) is 0 Å². The Morgan fingerprint density at radius 1 is 1.29 bits per heavy atom. The molecule has 1 saturated carbocycles. The average Bonchev–Trinajstić information content (AvgIpc) is 2.30. The van der Waals surface area contributed by atoms with Crippen LogP contribution in [0.4, 0.5) is 0 Å². The Balaban J connectivity index is 1.83. The molecule has 2 atom stereocenters. The van der Waals surface area contributed by atoms with Gasteiger partial charge >= 0.3 is 0 Å². The van der Waals surface area contributed by atoms with Gasteiger partial charge in [-0.1, -0.05) is 32.6 Å². The van der Waals surface area contributed by atoms with E-state index in [1.165, 1.54) is 57.8 Å². The van der Waals surface area contributed by atoms with Crippen molar-refractivity contribution in [2.75, 3.05) is 6.61 Å². The highest BCUT2D eigenvalue weighted by atomic mass is 16.5. The highest BCUT2D eigenvalue weighted by molar-refractivity contribution is 4.92. The van der Waals surface area contributed by atoms with Gasteiger partial charge in [-0.25, -0.2) is 0 Å². The number of nitrogens with one attached hydrogen (secondary N) is 1. The molecule has 2 nitrogen and oxygen atoms in total. The normalized spacial score (nSPS) is 30.4. The van der Waals surface area contributed by atoms with Gasteiger partial charge in [-0.3, -0.25) is 0 Å². The van der Waals surface area contributed by atoms with Gasteiger partial charge in [0.05, 0.1) is 5.60 Å². The highest BCUT2D eigenvalue weighted by Gasteiger charge is 2.38. The third-order valence-electron chi connectivity index (χ3n) is 4.50. The minimum Gasteiger partial charge on any atom is -0.375 e. The summed E-state index contributed by atoms with van der Waals surface area (Å²) in [6.07, 6.45) is 11.8. The van der Waals surface area contributed by atoms with Gasteiger partial charge < -0.3 is 10.1 Å². The Kier molecular flexibility index (Phi) is 4.87. The fraction of sp³-hybridized carbons (Fsp3) is 1.00. The summed E-state index contributed by atoms with van der Waals surface area (Å²) in [6, 6.07) is 1.37. The summed E-state index contributed by atoms with van der Waals surface area (Å²) in [7, 11) is 0. The molecule has 2 unspecified atom stereocenters. The molecular weight excluding hydrogens is 210 g/mol. The number of hydrogen-bond donors (Lipinski definition) is 1. The molecule has 1 heterocycles. The molecule has 2 aliphatic rings. The monoisotopic (exact) mass is 239 g/mol. The van der Waals surface area contributed by atoms with Gasteiger partial charge in [0.15, 0.2) is 0 Å². The van der Waals surface area contributed by atoms with E-state index in [0.29, 0.717) is 12.1 Å². The van der Waals surface area contributed by atoms with Crippen LogP contribution < -0.4 is 5.32 Å². The van der Waals surface area contributed by atoms with Crippen molar-refractivity contribution in [3.8, 4) is 0 Å². The summed E-state index contributed by atoms with van der Waals surface area (Å²) in [4.78, 5) is 0. The predicted molar refractivity (Wildman–Crippen MR) is 72.3 cm³/mol. The third kappa shape index (κ3) is 3.69. The van der Waals surface area contributed by atoms with Crippen LogP contribution in [0.2, 0.25) is 0 Å². The molecule has 1 spiro atoms. The molecule has 1 aliphatic heterocycles. The van der Waals surface area contributed by atoms with Crippen LogP contribution in [0, 0.1) is 0 Å². The zero-order chi connectivity index (χ0) is 12.1. The first-order valence-corrected chi connectivity index (χ1v) is 7.64. The van der Waals surface area contributed by atoms with Crippen molar-refractivity contribution in [2.45, 2.75) is 89.3 Å². The van der Waals surface area contributed by atoms with Crippen LogP contribution >= 0.6 is 0 Å². The van der Waals surface area contributed by atoms with E-state index >= 15 is 0 Å². The summed E-state index contributed by atoms with van der Waals surface area (Å²) < 4.78 is 6.14.